The maximum atomic E-state index is 12.8. The van der Waals surface area contributed by atoms with Crippen molar-refractivity contribution in [3.8, 4) is 5.75 Å². The smallest absolute Gasteiger partial charge is 0.347 e. The lowest BCUT2D eigenvalue weighted by atomic mass is 9.90. The van der Waals surface area contributed by atoms with E-state index in [1.54, 1.807) is 12.1 Å². The van der Waals surface area contributed by atoms with Crippen LogP contribution in [0.3, 0.4) is 0 Å². The number of nitrogens with one attached hydrogen (secondary N) is 2. The summed E-state index contributed by atoms with van der Waals surface area (Å²) in [5.41, 5.74) is 2.13. The average molecular weight is 719 g/mol. The number of hydrogen-bond donors (Lipinski definition) is 5. The molecule has 1 aliphatic rings. The third kappa shape index (κ3) is 7.90. The van der Waals surface area contributed by atoms with Gasteiger partial charge in [0.1, 0.15) is 11.3 Å². The van der Waals surface area contributed by atoms with Crippen molar-refractivity contribution in [1.29, 1.82) is 0 Å². The first-order valence-electron chi connectivity index (χ1n) is 16.7. The molecule has 5 aromatic rings. The van der Waals surface area contributed by atoms with Crippen molar-refractivity contribution in [3.05, 3.63) is 92.3 Å². The molecule has 264 valence electrons. The number of aromatic hydroxyl groups is 1. The maximum Gasteiger partial charge on any atom is 0.347 e. The van der Waals surface area contributed by atoms with Gasteiger partial charge in [-0.25, -0.2) is 9.48 Å². The third-order valence-corrected chi connectivity index (χ3v) is 11.3. The summed E-state index contributed by atoms with van der Waals surface area (Å²) in [6, 6.07) is 18.5. The van der Waals surface area contributed by atoms with E-state index in [1.165, 1.54) is 28.7 Å². The molecule has 5 N–H and O–H groups in total. The van der Waals surface area contributed by atoms with E-state index in [2.05, 4.69) is 32.9 Å². The molecule has 12 nitrogen and oxygen atoms in total. The van der Waals surface area contributed by atoms with Gasteiger partial charge in [0.25, 0.3) is 0 Å². The molecule has 3 heterocycles. The predicted octanol–water partition coefficient (Wildman–Crippen LogP) is 5.33. The van der Waals surface area contributed by atoms with Crippen molar-refractivity contribution in [2.45, 2.75) is 69.0 Å². The minimum Gasteiger partial charge on any atom is -0.506 e. The number of aromatic nitrogens is 3. The van der Waals surface area contributed by atoms with Crippen LogP contribution >= 0.6 is 22.7 Å². The summed E-state index contributed by atoms with van der Waals surface area (Å²) < 4.78 is 8.49. The fourth-order valence-corrected chi connectivity index (χ4v) is 8.48. The number of phenols is 1. The number of benzene rings is 2. The second-order valence-electron chi connectivity index (χ2n) is 12.6. The molecule has 3 aromatic heterocycles. The molecule has 1 amide bonds. The highest BCUT2D eigenvalue weighted by molar-refractivity contribution is 7.12. The molecular formula is C36H42N6O6S2. The quantitative estimate of drug-likeness (QED) is 0.0628. The molecule has 50 heavy (non-hydrogen) atoms. The molecule has 0 saturated heterocycles. The topological polar surface area (TPSA) is 162 Å². The second kappa shape index (κ2) is 16.2. The number of amides is 1. The first-order valence-corrected chi connectivity index (χ1v) is 18.5. The molecule has 0 unspecified atom stereocenters. The minimum atomic E-state index is -1.47. The van der Waals surface area contributed by atoms with Crippen LogP contribution in [0, 0.1) is 0 Å². The number of phenolic OH excluding ortho intramolecular Hbond substituents is 1. The van der Waals surface area contributed by atoms with Crippen LogP contribution in [0.15, 0.2) is 71.4 Å². The average Bonchev–Trinajstić information content (AvgIpc) is 3.92. The summed E-state index contributed by atoms with van der Waals surface area (Å²) >= 11 is 2.84. The van der Waals surface area contributed by atoms with Crippen molar-refractivity contribution in [1.82, 2.24) is 25.2 Å². The van der Waals surface area contributed by atoms with E-state index in [9.17, 15) is 24.9 Å². The molecule has 0 bridgehead atoms. The van der Waals surface area contributed by atoms with Crippen LogP contribution in [0.25, 0.3) is 11.0 Å². The number of carboxylic acids is 1. The number of hydrogen-bond acceptors (Lipinski definition) is 11. The summed E-state index contributed by atoms with van der Waals surface area (Å²) in [5.74, 6) is -1.03. The van der Waals surface area contributed by atoms with Crippen LogP contribution in [0.5, 0.6) is 5.75 Å². The van der Waals surface area contributed by atoms with E-state index in [4.69, 9.17) is 4.74 Å². The van der Waals surface area contributed by atoms with Gasteiger partial charge < -0.3 is 35.6 Å². The van der Waals surface area contributed by atoms with E-state index >= 15 is 0 Å². The number of carbonyl (C=O) groups is 2. The Morgan fingerprint density at radius 3 is 2.50 bits per heavy atom. The molecular weight excluding hydrogens is 677 g/mol. The van der Waals surface area contributed by atoms with Gasteiger partial charge in [-0.1, -0.05) is 29.5 Å². The molecule has 0 aliphatic heterocycles. The number of carbonyl (C=O) groups excluding carboxylic acids is 1. The zero-order valence-electron chi connectivity index (χ0n) is 27.8. The van der Waals surface area contributed by atoms with Gasteiger partial charge in [0.2, 0.25) is 12.0 Å². The lowest BCUT2D eigenvalue weighted by molar-refractivity contribution is -0.170. The molecule has 14 heteroatoms. The number of rotatable bonds is 17. The van der Waals surface area contributed by atoms with Crippen molar-refractivity contribution < 1.29 is 29.6 Å². The Bertz CT molecular complexity index is 1820. The van der Waals surface area contributed by atoms with Gasteiger partial charge in [0.15, 0.2) is 0 Å². The number of anilines is 1. The Morgan fingerprint density at radius 2 is 1.84 bits per heavy atom. The fraction of sp³-hybridized carbons (Fsp3) is 0.389. The number of fused-ring (bicyclic) bond motifs is 1. The van der Waals surface area contributed by atoms with Crippen LogP contribution in [0.2, 0.25) is 0 Å². The zero-order chi connectivity index (χ0) is 35.1. The van der Waals surface area contributed by atoms with Gasteiger partial charge >= 0.3 is 5.97 Å². The van der Waals surface area contributed by atoms with Gasteiger partial charge in [-0.2, -0.15) is 0 Å². The number of aliphatic hydroxyl groups excluding tert-OH is 1. The van der Waals surface area contributed by atoms with E-state index < -0.39 is 17.7 Å². The lowest BCUT2D eigenvalue weighted by Crippen LogP contribution is -2.44. The van der Waals surface area contributed by atoms with Crippen LogP contribution in [-0.2, 0) is 33.0 Å². The summed E-state index contributed by atoms with van der Waals surface area (Å²) in [4.78, 5) is 27.3. The Morgan fingerprint density at radius 1 is 1.10 bits per heavy atom. The van der Waals surface area contributed by atoms with Crippen LogP contribution in [0.4, 0.5) is 5.69 Å². The van der Waals surface area contributed by atoms with E-state index in [0.717, 1.165) is 61.8 Å². The van der Waals surface area contributed by atoms with E-state index in [0.29, 0.717) is 34.3 Å². The number of aliphatic carboxylic acids is 1. The Balaban J connectivity index is 0.961. The number of thiophene rings is 2. The van der Waals surface area contributed by atoms with Gasteiger partial charge in [-0.3, -0.25) is 4.79 Å². The molecule has 1 aliphatic carbocycles. The first kappa shape index (κ1) is 35.6. The highest BCUT2D eigenvalue weighted by atomic mass is 32.1. The SMILES string of the molecule is CN(CCCn1nnc2cc(CNC[C@H](O)c3ccc(O)c(NC=O)c3)ccc21)[C@H]1CC[C@H](OC(C(=O)O)(c2cccs2)c2cccs2)CC1. The molecule has 6 rings (SSSR count). The Kier molecular flexibility index (Phi) is 11.6. The number of aryl methyl sites for hydroxylation is 1. The van der Waals surface area contributed by atoms with Gasteiger partial charge in [0, 0.05) is 25.7 Å². The van der Waals surface area contributed by atoms with Gasteiger partial charge in [0.05, 0.1) is 33.2 Å². The van der Waals surface area contributed by atoms with Gasteiger partial charge in [-0.05, 0) is 104 Å². The van der Waals surface area contributed by atoms with Crippen molar-refractivity contribution in [2.24, 2.45) is 0 Å². The van der Waals surface area contributed by atoms with E-state index in [-0.39, 0.29) is 24.1 Å². The Labute approximate surface area is 298 Å². The summed E-state index contributed by atoms with van der Waals surface area (Å²) in [7, 11) is 2.16. The van der Waals surface area contributed by atoms with Crippen molar-refractivity contribution >= 4 is 51.8 Å². The fourth-order valence-electron chi connectivity index (χ4n) is 6.67. The summed E-state index contributed by atoms with van der Waals surface area (Å²) in [5, 5.41) is 49.1. The van der Waals surface area contributed by atoms with E-state index in [1.807, 2.05) is 57.9 Å². The third-order valence-electron chi connectivity index (χ3n) is 9.39. The zero-order valence-corrected chi connectivity index (χ0v) is 29.4. The van der Waals surface area contributed by atoms with Crippen molar-refractivity contribution in [3.63, 3.8) is 0 Å². The lowest BCUT2D eigenvalue weighted by Gasteiger charge is -2.38. The maximum absolute atomic E-state index is 12.8. The molecule has 2 aromatic carbocycles. The number of carboxylic acid groups (broad SMARTS) is 1. The number of aliphatic hydroxyl groups is 1. The second-order valence-corrected chi connectivity index (χ2v) is 14.5. The summed E-state index contributed by atoms with van der Waals surface area (Å²) in [6.45, 7) is 2.44. The molecule has 0 radical (unpaired) electrons. The normalized spacial score (nSPS) is 17.3. The predicted molar refractivity (Wildman–Crippen MR) is 193 cm³/mol. The molecule has 0 spiro atoms. The summed E-state index contributed by atoms with van der Waals surface area (Å²) in [6.07, 6.45) is 3.94. The van der Waals surface area contributed by atoms with Crippen LogP contribution in [0.1, 0.15) is 59.1 Å². The number of nitrogens with zero attached hydrogens (tertiary/aromatic N) is 4. The van der Waals surface area contributed by atoms with Gasteiger partial charge in [-0.15, -0.1) is 27.8 Å². The van der Waals surface area contributed by atoms with Crippen LogP contribution < -0.4 is 10.6 Å². The van der Waals surface area contributed by atoms with Crippen LogP contribution in [-0.4, -0.2) is 79.9 Å². The monoisotopic (exact) mass is 718 g/mol. The number of ether oxygens (including phenoxy) is 1. The standard InChI is InChI=1S/C36H42N6O6S2/c1-41(26-9-11-27(12-10-26)48-36(35(46)47,33-5-2-17-49-33)34-6-3-18-50-34)15-4-16-42-30-13-7-24(19-28(30)39-40-42)21-37-22-32(45)25-8-14-31(44)29(20-25)38-23-43/h2-3,5-8,13-14,17-20,23,26-27,32,37,44-45H,4,9-12,15-16,21-22H2,1H3,(H,38,43)(H,46,47)/t26-,27-,32-/m0/s1. The molecule has 1 atom stereocenters. The molecule has 1 saturated carbocycles. The Hall–Kier alpha value is -4.18. The largest absolute Gasteiger partial charge is 0.506 e. The van der Waals surface area contributed by atoms with Crippen molar-refractivity contribution in [2.75, 3.05) is 25.5 Å². The molecule has 1 fully saturated rings. The minimum absolute atomic E-state index is 0.0646. The first-order chi connectivity index (χ1) is 24.3. The highest BCUT2D eigenvalue weighted by Crippen LogP contribution is 2.42. The highest BCUT2D eigenvalue weighted by Gasteiger charge is 2.48.